The van der Waals surface area contributed by atoms with E-state index in [0.717, 1.165) is 4.90 Å². The van der Waals surface area contributed by atoms with Crippen LogP contribution in [0.3, 0.4) is 0 Å². The number of alkyl halides is 2. The van der Waals surface area contributed by atoms with Gasteiger partial charge in [-0.25, -0.2) is 0 Å². The zero-order valence-electron chi connectivity index (χ0n) is 13.3. The molecule has 0 aliphatic heterocycles. The Kier molecular flexibility index (Phi) is 7.27. The summed E-state index contributed by atoms with van der Waals surface area (Å²) in [5.74, 6) is -2.58. The summed E-state index contributed by atoms with van der Waals surface area (Å²) in [6.45, 7) is 1.44. The zero-order valence-corrected chi connectivity index (χ0v) is 14.9. The lowest BCUT2D eigenvalue weighted by atomic mass is 10.3. The van der Waals surface area contributed by atoms with Crippen LogP contribution in [-0.4, -0.2) is 23.3 Å². The summed E-state index contributed by atoms with van der Waals surface area (Å²) in [6.07, 6.45) is 0. The summed E-state index contributed by atoms with van der Waals surface area (Å²) in [4.78, 5) is 24.2. The van der Waals surface area contributed by atoms with Crippen molar-refractivity contribution in [2.75, 3.05) is 16.4 Å². The van der Waals surface area contributed by atoms with E-state index in [4.69, 9.17) is 0 Å². The van der Waals surface area contributed by atoms with Gasteiger partial charge in [0, 0.05) is 28.1 Å². The molecule has 0 spiro atoms. The minimum absolute atomic E-state index is 0.141. The molecule has 8 heteroatoms. The first kappa shape index (κ1) is 19.3. The number of rotatable bonds is 7. The van der Waals surface area contributed by atoms with Crippen molar-refractivity contribution in [2.24, 2.45) is 0 Å². The Balaban J connectivity index is 1.81. The van der Waals surface area contributed by atoms with Crippen LogP contribution in [0, 0.1) is 0 Å². The van der Waals surface area contributed by atoms with Gasteiger partial charge >= 0.3 is 0 Å². The minimum Gasteiger partial charge on any atom is -0.326 e. The number of carbonyl (C=O) groups is 2. The van der Waals surface area contributed by atoms with Gasteiger partial charge in [-0.05, 0) is 48.5 Å². The van der Waals surface area contributed by atoms with Gasteiger partial charge in [0.15, 0.2) is 0 Å². The van der Waals surface area contributed by atoms with Crippen LogP contribution in [0.25, 0.3) is 0 Å². The van der Waals surface area contributed by atoms with Crippen LogP contribution < -0.4 is 10.6 Å². The topological polar surface area (TPSA) is 58.2 Å². The molecule has 2 rings (SSSR count). The molecule has 0 saturated heterocycles. The predicted octanol–water partition coefficient (Wildman–Crippen LogP) is 4.69. The largest absolute Gasteiger partial charge is 0.326 e. The molecule has 0 atom stereocenters. The van der Waals surface area contributed by atoms with Crippen LogP contribution in [0.4, 0.5) is 20.2 Å². The van der Waals surface area contributed by atoms with Crippen molar-refractivity contribution in [1.82, 2.24) is 0 Å². The molecule has 25 heavy (non-hydrogen) atoms. The molecule has 0 aromatic heterocycles. The third-order valence-electron chi connectivity index (χ3n) is 2.91. The molecule has 0 bridgehead atoms. The molecule has 2 N–H and O–H groups in total. The zero-order chi connectivity index (χ0) is 18.2. The minimum atomic E-state index is -2.46. The van der Waals surface area contributed by atoms with Gasteiger partial charge in [0.05, 0.1) is 5.75 Å². The lowest BCUT2D eigenvalue weighted by molar-refractivity contribution is -0.114. The van der Waals surface area contributed by atoms with Gasteiger partial charge in [-0.2, -0.15) is 8.78 Å². The Bertz CT molecular complexity index is 722. The number of halogens is 2. The van der Waals surface area contributed by atoms with E-state index in [9.17, 15) is 18.4 Å². The van der Waals surface area contributed by atoms with Crippen molar-refractivity contribution >= 4 is 46.7 Å². The van der Waals surface area contributed by atoms with Gasteiger partial charge in [-0.1, -0.05) is 11.8 Å². The standard InChI is InChI=1S/C17H16F2N2O2S2/c1-11(22)20-12-2-6-14(7-3-12)24-10-16(23)21-13-4-8-15(9-5-13)25-17(18)19/h2-9,17H,10H2,1H3,(H,20,22)(H,21,23). The van der Waals surface area contributed by atoms with Crippen molar-refractivity contribution in [3.63, 3.8) is 0 Å². The van der Waals surface area contributed by atoms with E-state index in [1.807, 2.05) is 12.1 Å². The molecule has 0 radical (unpaired) electrons. The summed E-state index contributed by atoms with van der Waals surface area (Å²) in [6, 6.07) is 13.4. The lowest BCUT2D eigenvalue weighted by Gasteiger charge is -2.07. The molecule has 0 saturated carbocycles. The highest BCUT2D eigenvalue weighted by atomic mass is 32.2. The second-order valence-corrected chi connectivity index (χ2v) is 7.06. The molecule has 0 unspecified atom stereocenters. The summed E-state index contributed by atoms with van der Waals surface area (Å²) < 4.78 is 24.5. The number of carbonyl (C=O) groups excluding carboxylic acids is 2. The summed E-state index contributed by atoms with van der Waals surface area (Å²) in [5.41, 5.74) is 1.26. The van der Waals surface area contributed by atoms with Crippen molar-refractivity contribution in [2.45, 2.75) is 22.5 Å². The highest BCUT2D eigenvalue weighted by Crippen LogP contribution is 2.26. The molecule has 2 aromatic carbocycles. The van der Waals surface area contributed by atoms with Crippen LogP contribution >= 0.6 is 23.5 Å². The third kappa shape index (κ3) is 7.15. The van der Waals surface area contributed by atoms with Crippen molar-refractivity contribution in [1.29, 1.82) is 0 Å². The monoisotopic (exact) mass is 382 g/mol. The molecule has 0 heterocycles. The van der Waals surface area contributed by atoms with Gasteiger partial charge in [0.25, 0.3) is 5.76 Å². The summed E-state index contributed by atoms with van der Waals surface area (Å²) in [5, 5.41) is 5.39. The van der Waals surface area contributed by atoms with Crippen LogP contribution in [0.1, 0.15) is 6.92 Å². The van der Waals surface area contributed by atoms with Crippen LogP contribution in [0.2, 0.25) is 0 Å². The fraction of sp³-hybridized carbons (Fsp3) is 0.176. The van der Waals surface area contributed by atoms with E-state index in [1.165, 1.54) is 18.7 Å². The molecule has 2 aromatic rings. The van der Waals surface area contributed by atoms with E-state index in [2.05, 4.69) is 10.6 Å². The second-order valence-electron chi connectivity index (χ2n) is 4.95. The molecule has 2 amide bonds. The first-order valence-electron chi connectivity index (χ1n) is 7.27. The van der Waals surface area contributed by atoms with E-state index < -0.39 is 5.76 Å². The third-order valence-corrected chi connectivity index (χ3v) is 4.64. The Labute approximate surface area is 152 Å². The number of thioether (sulfide) groups is 2. The van der Waals surface area contributed by atoms with Crippen molar-refractivity contribution < 1.29 is 18.4 Å². The number of benzene rings is 2. The molecule has 4 nitrogen and oxygen atoms in total. The lowest BCUT2D eigenvalue weighted by Crippen LogP contribution is -2.13. The van der Waals surface area contributed by atoms with Crippen LogP contribution in [-0.2, 0) is 9.59 Å². The van der Waals surface area contributed by atoms with Crippen LogP contribution in [0.5, 0.6) is 0 Å². The average molecular weight is 382 g/mol. The number of amides is 2. The smallest absolute Gasteiger partial charge is 0.288 e. The normalized spacial score (nSPS) is 10.6. The number of hydrogen-bond donors (Lipinski definition) is 2. The maximum absolute atomic E-state index is 12.2. The van der Waals surface area contributed by atoms with E-state index in [0.29, 0.717) is 28.0 Å². The van der Waals surface area contributed by atoms with E-state index in [1.54, 1.807) is 36.4 Å². The van der Waals surface area contributed by atoms with Gasteiger partial charge < -0.3 is 10.6 Å². The number of nitrogens with one attached hydrogen (secondary N) is 2. The maximum Gasteiger partial charge on any atom is 0.288 e. The van der Waals surface area contributed by atoms with Crippen LogP contribution in [0.15, 0.2) is 58.3 Å². The van der Waals surface area contributed by atoms with Crippen molar-refractivity contribution in [3.05, 3.63) is 48.5 Å². The van der Waals surface area contributed by atoms with Gasteiger partial charge in [-0.3, -0.25) is 9.59 Å². The molecular weight excluding hydrogens is 366 g/mol. The Morgan fingerprint density at radius 1 is 0.920 bits per heavy atom. The van der Waals surface area contributed by atoms with Gasteiger partial charge in [0.1, 0.15) is 0 Å². The quantitative estimate of drug-likeness (QED) is 0.682. The molecular formula is C17H16F2N2O2S2. The Morgan fingerprint density at radius 3 is 1.96 bits per heavy atom. The second kappa shape index (κ2) is 9.43. The molecule has 132 valence electrons. The highest BCUT2D eigenvalue weighted by Gasteiger charge is 2.07. The predicted molar refractivity (Wildman–Crippen MR) is 98.4 cm³/mol. The van der Waals surface area contributed by atoms with Gasteiger partial charge in [0.2, 0.25) is 11.8 Å². The molecule has 0 fully saturated rings. The molecule has 0 aliphatic carbocycles. The maximum atomic E-state index is 12.2. The molecule has 0 aliphatic rings. The van der Waals surface area contributed by atoms with E-state index >= 15 is 0 Å². The average Bonchev–Trinajstić information content (AvgIpc) is 2.55. The first-order valence-corrected chi connectivity index (χ1v) is 9.14. The van der Waals surface area contributed by atoms with Gasteiger partial charge in [-0.15, -0.1) is 11.8 Å². The number of hydrogen-bond acceptors (Lipinski definition) is 4. The fourth-order valence-electron chi connectivity index (χ4n) is 1.90. The first-order chi connectivity index (χ1) is 11.9. The fourth-order valence-corrected chi connectivity index (χ4v) is 3.10. The summed E-state index contributed by atoms with van der Waals surface area (Å²) in [7, 11) is 0. The van der Waals surface area contributed by atoms with E-state index in [-0.39, 0.29) is 17.6 Å². The highest BCUT2D eigenvalue weighted by molar-refractivity contribution is 8.00. The Morgan fingerprint density at radius 2 is 1.44 bits per heavy atom. The number of anilines is 2. The van der Waals surface area contributed by atoms with Crippen molar-refractivity contribution in [3.8, 4) is 0 Å². The SMILES string of the molecule is CC(=O)Nc1ccc(SCC(=O)Nc2ccc(SC(F)F)cc2)cc1. The summed E-state index contributed by atoms with van der Waals surface area (Å²) >= 11 is 1.82. The Hall–Kier alpha value is -2.06.